The molecule has 1 heterocycles. The number of hydrogen-bond acceptors (Lipinski definition) is 2. The van der Waals surface area contributed by atoms with Gasteiger partial charge in [-0.15, -0.1) is 0 Å². The van der Waals surface area contributed by atoms with Gasteiger partial charge in [0.05, 0.1) is 5.69 Å². The number of rotatable bonds is 8. The summed E-state index contributed by atoms with van der Waals surface area (Å²) in [6, 6.07) is 0. The summed E-state index contributed by atoms with van der Waals surface area (Å²) in [7, 11) is 2.02. The fourth-order valence-electron chi connectivity index (χ4n) is 2.42. The van der Waals surface area contributed by atoms with Crippen molar-refractivity contribution in [3.05, 3.63) is 17.0 Å². The lowest BCUT2D eigenvalue weighted by Gasteiger charge is -2.15. The van der Waals surface area contributed by atoms with Crippen molar-refractivity contribution >= 4 is 0 Å². The highest BCUT2D eigenvalue weighted by Gasteiger charge is 2.10. The van der Waals surface area contributed by atoms with E-state index in [0.29, 0.717) is 0 Å². The molecule has 0 saturated heterocycles. The molecule has 1 aromatic rings. The van der Waals surface area contributed by atoms with E-state index < -0.39 is 0 Å². The molecule has 0 amide bonds. The maximum absolute atomic E-state index is 4.45. The molecule has 1 aromatic heterocycles. The Labute approximate surface area is 112 Å². The molecule has 0 aliphatic carbocycles. The van der Waals surface area contributed by atoms with Crippen LogP contribution in [-0.4, -0.2) is 16.3 Å². The van der Waals surface area contributed by atoms with Crippen LogP contribution in [0, 0.1) is 19.8 Å². The molecule has 1 unspecified atom stereocenters. The first-order chi connectivity index (χ1) is 8.60. The predicted octanol–water partition coefficient (Wildman–Crippen LogP) is 3.34. The third kappa shape index (κ3) is 4.13. The van der Waals surface area contributed by atoms with Crippen molar-refractivity contribution in [2.75, 3.05) is 6.54 Å². The van der Waals surface area contributed by atoms with E-state index in [4.69, 9.17) is 0 Å². The number of nitrogens with one attached hydrogen (secondary N) is 1. The lowest BCUT2D eigenvalue weighted by Crippen LogP contribution is -2.22. The summed E-state index contributed by atoms with van der Waals surface area (Å²) in [5, 5.41) is 8.06. The monoisotopic (exact) mass is 251 g/mol. The first-order valence-corrected chi connectivity index (χ1v) is 7.29. The van der Waals surface area contributed by atoms with Gasteiger partial charge in [0.2, 0.25) is 0 Å². The van der Waals surface area contributed by atoms with Crippen molar-refractivity contribution in [3.8, 4) is 0 Å². The van der Waals surface area contributed by atoms with Gasteiger partial charge < -0.3 is 5.32 Å². The molecule has 0 saturated carbocycles. The summed E-state index contributed by atoms with van der Waals surface area (Å²) >= 11 is 0. The molecule has 0 fully saturated rings. The van der Waals surface area contributed by atoms with Crippen molar-refractivity contribution in [1.82, 2.24) is 15.1 Å². The predicted molar refractivity (Wildman–Crippen MR) is 77.7 cm³/mol. The number of hydrogen-bond donors (Lipinski definition) is 1. The number of nitrogens with zero attached hydrogens (tertiary/aromatic N) is 2. The zero-order valence-electron chi connectivity index (χ0n) is 12.7. The molecular formula is C15H29N3. The Balaban J connectivity index is 2.40. The smallest absolute Gasteiger partial charge is 0.0641 e. The van der Waals surface area contributed by atoms with Crippen LogP contribution in [0.1, 0.15) is 56.5 Å². The third-order valence-corrected chi connectivity index (χ3v) is 3.94. The van der Waals surface area contributed by atoms with E-state index in [2.05, 4.69) is 38.1 Å². The molecule has 3 heteroatoms. The van der Waals surface area contributed by atoms with Crippen LogP contribution in [0.15, 0.2) is 0 Å². The molecule has 1 N–H and O–H groups in total. The maximum atomic E-state index is 4.45. The van der Waals surface area contributed by atoms with E-state index in [1.807, 2.05) is 11.7 Å². The molecular weight excluding hydrogens is 222 g/mol. The van der Waals surface area contributed by atoms with Crippen LogP contribution in [0.3, 0.4) is 0 Å². The molecule has 0 aliphatic rings. The summed E-state index contributed by atoms with van der Waals surface area (Å²) < 4.78 is 1.97. The van der Waals surface area contributed by atoms with E-state index in [9.17, 15) is 0 Å². The van der Waals surface area contributed by atoms with Gasteiger partial charge in [-0.25, -0.2) is 0 Å². The van der Waals surface area contributed by atoms with Gasteiger partial charge in [-0.1, -0.05) is 33.1 Å². The van der Waals surface area contributed by atoms with Crippen molar-refractivity contribution in [3.63, 3.8) is 0 Å². The van der Waals surface area contributed by atoms with Gasteiger partial charge in [0.1, 0.15) is 0 Å². The molecule has 18 heavy (non-hydrogen) atoms. The van der Waals surface area contributed by atoms with Crippen LogP contribution < -0.4 is 5.32 Å². The van der Waals surface area contributed by atoms with Gasteiger partial charge in [0, 0.05) is 24.8 Å². The average Bonchev–Trinajstić information content (AvgIpc) is 2.59. The number of aryl methyl sites for hydroxylation is 2. The zero-order chi connectivity index (χ0) is 13.5. The van der Waals surface area contributed by atoms with Crippen molar-refractivity contribution in [2.45, 2.75) is 59.9 Å². The first-order valence-electron chi connectivity index (χ1n) is 7.29. The standard InChI is InChI=1S/C15H29N3/c1-6-8-9-14(7-2)10-16-11-15-12(3)17-18(5)13(15)4/h14,16H,6-11H2,1-5H3. The molecule has 0 aromatic carbocycles. The quantitative estimate of drug-likeness (QED) is 0.768. The maximum Gasteiger partial charge on any atom is 0.0641 e. The minimum Gasteiger partial charge on any atom is -0.312 e. The van der Waals surface area contributed by atoms with Crippen molar-refractivity contribution in [1.29, 1.82) is 0 Å². The van der Waals surface area contributed by atoms with Gasteiger partial charge >= 0.3 is 0 Å². The highest BCUT2D eigenvalue weighted by atomic mass is 15.3. The van der Waals surface area contributed by atoms with Crippen LogP contribution in [-0.2, 0) is 13.6 Å². The molecule has 0 aliphatic heterocycles. The Morgan fingerprint density at radius 3 is 2.50 bits per heavy atom. The Hall–Kier alpha value is -0.830. The van der Waals surface area contributed by atoms with Gasteiger partial charge in [0.25, 0.3) is 0 Å². The molecule has 104 valence electrons. The Bertz CT molecular complexity index is 355. The largest absolute Gasteiger partial charge is 0.312 e. The van der Waals surface area contributed by atoms with Gasteiger partial charge in [-0.2, -0.15) is 5.10 Å². The van der Waals surface area contributed by atoms with Crippen LogP contribution in [0.5, 0.6) is 0 Å². The second-order valence-electron chi connectivity index (χ2n) is 5.32. The second kappa shape index (κ2) is 7.57. The minimum absolute atomic E-state index is 0.822. The van der Waals surface area contributed by atoms with Gasteiger partial charge in [0.15, 0.2) is 0 Å². The van der Waals surface area contributed by atoms with Crippen molar-refractivity contribution in [2.24, 2.45) is 13.0 Å². The summed E-state index contributed by atoms with van der Waals surface area (Å²) in [6.45, 7) is 10.9. The van der Waals surface area contributed by atoms with E-state index >= 15 is 0 Å². The third-order valence-electron chi connectivity index (χ3n) is 3.94. The van der Waals surface area contributed by atoms with E-state index in [1.54, 1.807) is 0 Å². The summed E-state index contributed by atoms with van der Waals surface area (Å²) in [6.07, 6.45) is 5.28. The Morgan fingerprint density at radius 1 is 1.28 bits per heavy atom. The summed E-state index contributed by atoms with van der Waals surface area (Å²) in [5.41, 5.74) is 3.80. The molecule has 1 atom stereocenters. The minimum atomic E-state index is 0.822. The molecule has 1 rings (SSSR count). The Morgan fingerprint density at radius 2 is 2.00 bits per heavy atom. The van der Waals surface area contributed by atoms with Crippen LogP contribution in [0.2, 0.25) is 0 Å². The lowest BCUT2D eigenvalue weighted by molar-refractivity contribution is 0.419. The second-order valence-corrected chi connectivity index (χ2v) is 5.32. The molecule has 3 nitrogen and oxygen atoms in total. The fraction of sp³-hybridized carbons (Fsp3) is 0.800. The van der Waals surface area contributed by atoms with Gasteiger partial charge in [-0.3, -0.25) is 4.68 Å². The SMILES string of the molecule is CCCCC(CC)CNCc1c(C)nn(C)c1C. The topological polar surface area (TPSA) is 29.9 Å². The Kier molecular flexibility index (Phi) is 6.41. The van der Waals surface area contributed by atoms with Crippen molar-refractivity contribution < 1.29 is 0 Å². The molecule has 0 spiro atoms. The number of unbranched alkanes of at least 4 members (excludes halogenated alkanes) is 1. The summed E-state index contributed by atoms with van der Waals surface area (Å²) in [5.74, 6) is 0.822. The zero-order valence-corrected chi connectivity index (χ0v) is 12.7. The highest BCUT2D eigenvalue weighted by Crippen LogP contribution is 2.14. The average molecular weight is 251 g/mol. The van der Waals surface area contributed by atoms with Gasteiger partial charge in [-0.05, 0) is 32.7 Å². The first kappa shape index (κ1) is 15.2. The van der Waals surface area contributed by atoms with E-state index in [1.165, 1.54) is 36.9 Å². The fourth-order valence-corrected chi connectivity index (χ4v) is 2.42. The molecule has 0 radical (unpaired) electrons. The lowest BCUT2D eigenvalue weighted by atomic mass is 9.99. The van der Waals surface area contributed by atoms with E-state index in [-0.39, 0.29) is 0 Å². The van der Waals surface area contributed by atoms with Crippen LogP contribution in [0.25, 0.3) is 0 Å². The molecule has 0 bridgehead atoms. The number of aromatic nitrogens is 2. The van der Waals surface area contributed by atoms with E-state index in [0.717, 1.165) is 24.7 Å². The van der Waals surface area contributed by atoms with Crippen LogP contribution >= 0.6 is 0 Å². The highest BCUT2D eigenvalue weighted by molar-refractivity contribution is 5.23. The normalized spacial score (nSPS) is 12.9. The summed E-state index contributed by atoms with van der Waals surface area (Å²) in [4.78, 5) is 0. The van der Waals surface area contributed by atoms with Crippen LogP contribution in [0.4, 0.5) is 0 Å².